The summed E-state index contributed by atoms with van der Waals surface area (Å²) in [6, 6.07) is 0. The quantitative estimate of drug-likeness (QED) is 0.507. The van der Waals surface area contributed by atoms with Crippen molar-refractivity contribution < 1.29 is 9.47 Å². The van der Waals surface area contributed by atoms with Gasteiger partial charge >= 0.3 is 0 Å². The SMILES string of the molecule is [CH2]OC1CCCOC1. The standard InChI is InChI=1S/C6H11O2/c1-7-6-3-2-4-8-5-6/h6H,1-5H2. The van der Waals surface area contributed by atoms with E-state index in [2.05, 4.69) is 7.11 Å². The molecule has 0 bridgehead atoms. The molecule has 0 amide bonds. The van der Waals surface area contributed by atoms with Gasteiger partial charge in [0, 0.05) is 6.61 Å². The number of ether oxygens (including phenoxy) is 2. The van der Waals surface area contributed by atoms with Gasteiger partial charge in [0.15, 0.2) is 0 Å². The Morgan fingerprint density at radius 1 is 1.62 bits per heavy atom. The number of hydrogen-bond donors (Lipinski definition) is 0. The maximum Gasteiger partial charge on any atom is 0.0810 e. The van der Waals surface area contributed by atoms with Crippen LogP contribution in [0.3, 0.4) is 0 Å². The fourth-order valence-electron chi connectivity index (χ4n) is 0.843. The summed E-state index contributed by atoms with van der Waals surface area (Å²) >= 11 is 0. The van der Waals surface area contributed by atoms with Gasteiger partial charge in [-0.2, -0.15) is 0 Å². The smallest absolute Gasteiger partial charge is 0.0810 e. The van der Waals surface area contributed by atoms with Crippen LogP contribution in [0.4, 0.5) is 0 Å². The molecule has 1 aliphatic rings. The van der Waals surface area contributed by atoms with Crippen LogP contribution in [0.5, 0.6) is 0 Å². The first kappa shape index (κ1) is 6.05. The lowest BCUT2D eigenvalue weighted by atomic mass is 10.2. The van der Waals surface area contributed by atoms with Crippen molar-refractivity contribution in [1.29, 1.82) is 0 Å². The lowest BCUT2D eigenvalue weighted by Crippen LogP contribution is -2.23. The summed E-state index contributed by atoms with van der Waals surface area (Å²) in [5, 5.41) is 0. The Kier molecular flexibility index (Phi) is 2.30. The highest BCUT2D eigenvalue weighted by Gasteiger charge is 2.11. The van der Waals surface area contributed by atoms with Crippen molar-refractivity contribution in [1.82, 2.24) is 0 Å². The molecule has 1 aliphatic heterocycles. The normalized spacial score (nSPS) is 30.4. The third-order valence-corrected chi connectivity index (χ3v) is 1.35. The second-order valence-corrected chi connectivity index (χ2v) is 2.01. The van der Waals surface area contributed by atoms with E-state index in [0.717, 1.165) is 26.1 Å². The summed E-state index contributed by atoms with van der Waals surface area (Å²) in [5.41, 5.74) is 0. The molecule has 0 aromatic heterocycles. The number of hydrogen-bond acceptors (Lipinski definition) is 2. The molecule has 0 saturated carbocycles. The first-order chi connectivity index (χ1) is 3.93. The molecule has 1 radical (unpaired) electrons. The molecule has 2 heteroatoms. The molecule has 8 heavy (non-hydrogen) atoms. The molecule has 0 aromatic carbocycles. The third-order valence-electron chi connectivity index (χ3n) is 1.35. The van der Waals surface area contributed by atoms with Crippen molar-refractivity contribution >= 4 is 0 Å². The van der Waals surface area contributed by atoms with Crippen molar-refractivity contribution in [3.63, 3.8) is 0 Å². The predicted molar refractivity (Wildman–Crippen MR) is 30.3 cm³/mol. The van der Waals surface area contributed by atoms with Crippen molar-refractivity contribution in [3.8, 4) is 0 Å². The van der Waals surface area contributed by atoms with Crippen molar-refractivity contribution in [2.24, 2.45) is 0 Å². The molecule has 47 valence electrons. The highest BCUT2D eigenvalue weighted by atomic mass is 16.5. The Labute approximate surface area is 49.8 Å². The van der Waals surface area contributed by atoms with Gasteiger partial charge in [0.25, 0.3) is 0 Å². The Bertz CT molecular complexity index is 57.5. The van der Waals surface area contributed by atoms with Crippen molar-refractivity contribution in [2.45, 2.75) is 18.9 Å². The van der Waals surface area contributed by atoms with Crippen LogP contribution in [0.15, 0.2) is 0 Å². The summed E-state index contributed by atoms with van der Waals surface area (Å²) in [4.78, 5) is 0. The highest BCUT2D eigenvalue weighted by molar-refractivity contribution is 4.60. The summed E-state index contributed by atoms with van der Waals surface area (Å²) in [6.45, 7) is 1.61. The molecule has 1 fully saturated rings. The van der Waals surface area contributed by atoms with Crippen LogP contribution in [0.25, 0.3) is 0 Å². The fourth-order valence-corrected chi connectivity index (χ4v) is 0.843. The fraction of sp³-hybridized carbons (Fsp3) is 0.833. The lowest BCUT2D eigenvalue weighted by Gasteiger charge is -2.19. The Morgan fingerprint density at radius 2 is 2.50 bits per heavy atom. The van der Waals surface area contributed by atoms with Gasteiger partial charge in [-0.1, -0.05) is 0 Å². The second-order valence-electron chi connectivity index (χ2n) is 2.01. The van der Waals surface area contributed by atoms with Crippen LogP contribution >= 0.6 is 0 Å². The molecule has 0 spiro atoms. The Morgan fingerprint density at radius 3 is 2.88 bits per heavy atom. The highest BCUT2D eigenvalue weighted by Crippen LogP contribution is 2.08. The largest absolute Gasteiger partial charge is 0.379 e. The first-order valence-electron chi connectivity index (χ1n) is 2.92. The molecule has 0 aromatic rings. The molecule has 1 atom stereocenters. The molecular weight excluding hydrogens is 104 g/mol. The van der Waals surface area contributed by atoms with E-state index in [-0.39, 0.29) is 6.10 Å². The van der Waals surface area contributed by atoms with E-state index in [4.69, 9.17) is 9.47 Å². The molecule has 1 saturated heterocycles. The summed E-state index contributed by atoms with van der Waals surface area (Å²) in [5.74, 6) is 0. The predicted octanol–water partition coefficient (Wildman–Crippen LogP) is 0.974. The zero-order valence-electron chi connectivity index (χ0n) is 4.93. The topological polar surface area (TPSA) is 18.5 Å². The zero-order chi connectivity index (χ0) is 5.82. The third kappa shape index (κ3) is 1.46. The van der Waals surface area contributed by atoms with Gasteiger partial charge in [0.05, 0.1) is 19.8 Å². The van der Waals surface area contributed by atoms with Crippen LogP contribution in [-0.2, 0) is 9.47 Å². The zero-order valence-corrected chi connectivity index (χ0v) is 4.93. The van der Waals surface area contributed by atoms with Gasteiger partial charge < -0.3 is 9.47 Å². The van der Waals surface area contributed by atoms with Gasteiger partial charge in [0.2, 0.25) is 0 Å². The molecule has 1 heterocycles. The average molecular weight is 115 g/mol. The van der Waals surface area contributed by atoms with E-state index < -0.39 is 0 Å². The maximum absolute atomic E-state index is 5.11. The lowest BCUT2D eigenvalue weighted by molar-refractivity contribution is -0.0156. The van der Waals surface area contributed by atoms with Gasteiger partial charge in [-0.25, -0.2) is 0 Å². The molecule has 0 N–H and O–H groups in total. The minimum atomic E-state index is 0.253. The van der Waals surface area contributed by atoms with Crippen molar-refractivity contribution in [3.05, 3.63) is 7.11 Å². The van der Waals surface area contributed by atoms with E-state index in [1.807, 2.05) is 0 Å². The maximum atomic E-state index is 5.11. The molecular formula is C6H11O2. The second kappa shape index (κ2) is 3.05. The van der Waals surface area contributed by atoms with E-state index in [1.54, 1.807) is 0 Å². The van der Waals surface area contributed by atoms with Gasteiger partial charge in [-0.05, 0) is 12.8 Å². The Hall–Kier alpha value is -0.0800. The van der Waals surface area contributed by atoms with Crippen molar-refractivity contribution in [2.75, 3.05) is 13.2 Å². The van der Waals surface area contributed by atoms with Crippen LogP contribution < -0.4 is 0 Å². The van der Waals surface area contributed by atoms with Crippen LogP contribution in [0.2, 0.25) is 0 Å². The summed E-state index contributed by atoms with van der Waals surface area (Å²) < 4.78 is 9.92. The van der Waals surface area contributed by atoms with Gasteiger partial charge in [-0.15, -0.1) is 0 Å². The summed E-state index contributed by atoms with van der Waals surface area (Å²) in [7, 11) is 3.33. The first-order valence-corrected chi connectivity index (χ1v) is 2.92. The molecule has 1 unspecified atom stereocenters. The molecule has 1 rings (SSSR count). The molecule has 0 aliphatic carbocycles. The molecule has 2 nitrogen and oxygen atoms in total. The van der Waals surface area contributed by atoms with E-state index >= 15 is 0 Å². The minimum Gasteiger partial charge on any atom is -0.379 e. The van der Waals surface area contributed by atoms with Crippen LogP contribution in [-0.4, -0.2) is 19.3 Å². The Balaban J connectivity index is 2.13. The van der Waals surface area contributed by atoms with E-state index in [0.29, 0.717) is 0 Å². The van der Waals surface area contributed by atoms with E-state index in [1.165, 1.54) is 0 Å². The van der Waals surface area contributed by atoms with Crippen LogP contribution in [0.1, 0.15) is 12.8 Å². The van der Waals surface area contributed by atoms with E-state index in [9.17, 15) is 0 Å². The van der Waals surface area contributed by atoms with Gasteiger partial charge in [0.1, 0.15) is 0 Å². The summed E-state index contributed by atoms with van der Waals surface area (Å²) in [6.07, 6.45) is 2.47. The average Bonchev–Trinajstić information content (AvgIpc) is 1.90. The van der Waals surface area contributed by atoms with Crippen LogP contribution in [0, 0.1) is 7.11 Å². The monoisotopic (exact) mass is 115 g/mol. The number of rotatable bonds is 1. The van der Waals surface area contributed by atoms with Gasteiger partial charge in [-0.3, -0.25) is 0 Å². The minimum absolute atomic E-state index is 0.253.